The van der Waals surface area contributed by atoms with Crippen LogP contribution in [0.2, 0.25) is 0 Å². The van der Waals surface area contributed by atoms with Crippen LogP contribution >= 0.6 is 0 Å². The average Bonchev–Trinajstić information content (AvgIpc) is 2.46. The molecule has 0 spiro atoms. The van der Waals surface area contributed by atoms with Crippen molar-refractivity contribution in [2.24, 2.45) is 0 Å². The van der Waals surface area contributed by atoms with Crippen LogP contribution in [0.3, 0.4) is 0 Å². The standard InChI is InChI=1S/C14H19F3N2O3S/c1-11(10-19-6-8-22-9-7-19)18-23(20,21)13-5-3-2-4-12(13)14(15,16)17/h2-5,11,18H,6-10H2,1H3. The van der Waals surface area contributed by atoms with Gasteiger partial charge in [0.05, 0.1) is 23.7 Å². The molecule has 1 unspecified atom stereocenters. The quantitative estimate of drug-likeness (QED) is 0.876. The summed E-state index contributed by atoms with van der Waals surface area (Å²) in [4.78, 5) is 1.26. The fourth-order valence-electron chi connectivity index (χ4n) is 2.47. The summed E-state index contributed by atoms with van der Waals surface area (Å²) in [5.74, 6) is 0. The number of nitrogens with zero attached hydrogens (tertiary/aromatic N) is 1. The summed E-state index contributed by atoms with van der Waals surface area (Å²) in [6, 6.07) is 3.66. The van der Waals surface area contributed by atoms with Gasteiger partial charge in [-0.2, -0.15) is 13.2 Å². The minimum Gasteiger partial charge on any atom is -0.379 e. The number of halogens is 3. The second kappa shape index (κ2) is 7.16. The van der Waals surface area contributed by atoms with E-state index in [2.05, 4.69) is 4.72 Å². The zero-order valence-electron chi connectivity index (χ0n) is 12.6. The first-order valence-corrected chi connectivity index (χ1v) is 8.67. The minimum absolute atomic E-state index is 0.413. The molecule has 1 heterocycles. The number of rotatable bonds is 5. The SMILES string of the molecule is CC(CN1CCOCC1)NS(=O)(=O)c1ccccc1C(F)(F)F. The third kappa shape index (κ3) is 4.90. The summed E-state index contributed by atoms with van der Waals surface area (Å²) >= 11 is 0. The first-order chi connectivity index (χ1) is 10.7. The Hall–Kier alpha value is -1.16. The van der Waals surface area contributed by atoms with Gasteiger partial charge in [0, 0.05) is 25.7 Å². The number of alkyl halides is 3. The van der Waals surface area contributed by atoms with E-state index in [-0.39, 0.29) is 0 Å². The number of hydrogen-bond acceptors (Lipinski definition) is 4. The van der Waals surface area contributed by atoms with Gasteiger partial charge < -0.3 is 4.74 Å². The van der Waals surface area contributed by atoms with E-state index in [1.54, 1.807) is 6.92 Å². The van der Waals surface area contributed by atoms with Crippen molar-refractivity contribution in [3.8, 4) is 0 Å². The molecule has 0 saturated carbocycles. The van der Waals surface area contributed by atoms with Gasteiger partial charge in [-0.3, -0.25) is 4.90 Å². The zero-order chi connectivity index (χ0) is 17.1. The Balaban J connectivity index is 2.12. The third-order valence-electron chi connectivity index (χ3n) is 3.47. The highest BCUT2D eigenvalue weighted by Crippen LogP contribution is 2.33. The smallest absolute Gasteiger partial charge is 0.379 e. The molecule has 1 fully saturated rings. The van der Waals surface area contributed by atoms with E-state index in [0.717, 1.165) is 12.1 Å². The molecule has 9 heteroatoms. The van der Waals surface area contributed by atoms with Gasteiger partial charge in [-0.25, -0.2) is 13.1 Å². The van der Waals surface area contributed by atoms with Crippen LogP contribution in [0.5, 0.6) is 0 Å². The van der Waals surface area contributed by atoms with Gasteiger partial charge >= 0.3 is 6.18 Å². The van der Waals surface area contributed by atoms with E-state index in [1.165, 1.54) is 12.1 Å². The molecule has 1 aromatic rings. The van der Waals surface area contributed by atoms with Crippen molar-refractivity contribution in [1.29, 1.82) is 0 Å². The molecular formula is C14H19F3N2O3S. The number of sulfonamides is 1. The Labute approximate surface area is 133 Å². The fourth-order valence-corrected chi connectivity index (χ4v) is 3.93. The Bertz CT molecular complexity index is 628. The van der Waals surface area contributed by atoms with Crippen molar-refractivity contribution in [3.63, 3.8) is 0 Å². The summed E-state index contributed by atoms with van der Waals surface area (Å²) in [5, 5.41) is 0. The molecule has 1 aliphatic rings. The molecule has 5 nitrogen and oxygen atoms in total. The van der Waals surface area contributed by atoms with E-state index in [1.807, 2.05) is 4.90 Å². The number of morpholine rings is 1. The van der Waals surface area contributed by atoms with Gasteiger partial charge in [0.2, 0.25) is 10.0 Å². The number of hydrogen-bond donors (Lipinski definition) is 1. The fraction of sp³-hybridized carbons (Fsp3) is 0.571. The van der Waals surface area contributed by atoms with Gasteiger partial charge in [0.1, 0.15) is 0 Å². The monoisotopic (exact) mass is 352 g/mol. The lowest BCUT2D eigenvalue weighted by molar-refractivity contribution is -0.139. The molecular weight excluding hydrogens is 333 g/mol. The molecule has 1 aliphatic heterocycles. The molecule has 0 aliphatic carbocycles. The van der Waals surface area contributed by atoms with Gasteiger partial charge in [0.25, 0.3) is 0 Å². The lowest BCUT2D eigenvalue weighted by Crippen LogP contribution is -2.46. The first-order valence-electron chi connectivity index (χ1n) is 7.19. The van der Waals surface area contributed by atoms with Crippen LogP contribution in [0.15, 0.2) is 29.2 Å². The summed E-state index contributed by atoms with van der Waals surface area (Å²) in [5.41, 5.74) is -1.16. The lowest BCUT2D eigenvalue weighted by atomic mass is 10.2. The van der Waals surface area contributed by atoms with E-state index in [9.17, 15) is 21.6 Å². The highest BCUT2D eigenvalue weighted by Gasteiger charge is 2.37. The summed E-state index contributed by atoms with van der Waals surface area (Å²) in [6.45, 7) is 4.52. The molecule has 0 aromatic heterocycles. The maximum atomic E-state index is 13.0. The van der Waals surface area contributed by atoms with Crippen LogP contribution < -0.4 is 4.72 Å². The molecule has 23 heavy (non-hydrogen) atoms. The summed E-state index contributed by atoms with van der Waals surface area (Å²) in [6.07, 6.45) is -4.72. The van der Waals surface area contributed by atoms with E-state index < -0.39 is 32.7 Å². The van der Waals surface area contributed by atoms with Gasteiger partial charge in [-0.05, 0) is 19.1 Å². The molecule has 2 rings (SSSR count). The normalized spacial score (nSPS) is 18.8. The number of ether oxygens (including phenoxy) is 1. The summed E-state index contributed by atoms with van der Waals surface area (Å²) in [7, 11) is -4.25. The van der Waals surface area contributed by atoms with Crippen LogP contribution in [0.25, 0.3) is 0 Å². The predicted octanol–water partition coefficient (Wildman–Crippen LogP) is 1.70. The molecule has 1 aromatic carbocycles. The molecule has 0 amide bonds. The maximum absolute atomic E-state index is 13.0. The van der Waals surface area contributed by atoms with Crippen molar-refractivity contribution in [1.82, 2.24) is 9.62 Å². The largest absolute Gasteiger partial charge is 0.417 e. The zero-order valence-corrected chi connectivity index (χ0v) is 13.5. The van der Waals surface area contributed by atoms with Crippen LogP contribution in [0.4, 0.5) is 13.2 Å². The highest BCUT2D eigenvalue weighted by molar-refractivity contribution is 7.89. The summed E-state index contributed by atoms with van der Waals surface area (Å²) < 4.78 is 71.0. The van der Waals surface area contributed by atoms with Crippen molar-refractivity contribution in [2.75, 3.05) is 32.8 Å². The van der Waals surface area contributed by atoms with Crippen LogP contribution in [-0.4, -0.2) is 52.2 Å². The molecule has 130 valence electrons. The second-order valence-corrected chi connectivity index (χ2v) is 7.11. The van der Waals surface area contributed by atoms with Crippen LogP contribution in [0, 0.1) is 0 Å². The minimum atomic E-state index is -4.72. The number of nitrogens with one attached hydrogen (secondary N) is 1. The molecule has 1 atom stereocenters. The molecule has 1 N–H and O–H groups in total. The van der Waals surface area contributed by atoms with Gasteiger partial charge in [-0.1, -0.05) is 12.1 Å². The lowest BCUT2D eigenvalue weighted by Gasteiger charge is -2.29. The average molecular weight is 352 g/mol. The number of benzene rings is 1. The third-order valence-corrected chi connectivity index (χ3v) is 5.12. The van der Waals surface area contributed by atoms with Crippen molar-refractivity contribution in [3.05, 3.63) is 29.8 Å². The maximum Gasteiger partial charge on any atom is 0.417 e. The Kier molecular flexibility index (Phi) is 5.66. The van der Waals surface area contributed by atoms with Crippen LogP contribution in [-0.2, 0) is 20.9 Å². The van der Waals surface area contributed by atoms with Crippen molar-refractivity contribution >= 4 is 10.0 Å². The second-order valence-electron chi connectivity index (χ2n) is 5.43. The van der Waals surface area contributed by atoms with E-state index in [0.29, 0.717) is 32.8 Å². The van der Waals surface area contributed by atoms with E-state index >= 15 is 0 Å². The van der Waals surface area contributed by atoms with E-state index in [4.69, 9.17) is 4.74 Å². The highest BCUT2D eigenvalue weighted by atomic mass is 32.2. The van der Waals surface area contributed by atoms with Gasteiger partial charge in [-0.15, -0.1) is 0 Å². The Morgan fingerprint density at radius 1 is 1.26 bits per heavy atom. The van der Waals surface area contributed by atoms with Crippen LogP contribution in [0.1, 0.15) is 12.5 Å². The Morgan fingerprint density at radius 2 is 1.87 bits per heavy atom. The molecule has 0 bridgehead atoms. The Morgan fingerprint density at radius 3 is 2.48 bits per heavy atom. The predicted molar refractivity (Wildman–Crippen MR) is 78.5 cm³/mol. The van der Waals surface area contributed by atoms with Gasteiger partial charge in [0.15, 0.2) is 0 Å². The first kappa shape index (κ1) is 18.2. The topological polar surface area (TPSA) is 58.6 Å². The van der Waals surface area contributed by atoms with Crippen molar-refractivity contribution in [2.45, 2.75) is 24.0 Å². The van der Waals surface area contributed by atoms with Crippen molar-refractivity contribution < 1.29 is 26.3 Å². The molecule has 1 saturated heterocycles. The molecule has 0 radical (unpaired) electrons.